The molecule has 3 N–H and O–H groups in total. The van der Waals surface area contributed by atoms with Crippen LogP contribution >= 0.6 is 0 Å². The van der Waals surface area contributed by atoms with E-state index in [1.807, 2.05) is 54.3 Å². The summed E-state index contributed by atoms with van der Waals surface area (Å²) in [7, 11) is 0. The molecule has 0 radical (unpaired) electrons. The van der Waals surface area contributed by atoms with E-state index in [1.165, 1.54) is 4.90 Å². The summed E-state index contributed by atoms with van der Waals surface area (Å²) in [6.45, 7) is 3.87. The van der Waals surface area contributed by atoms with Crippen LogP contribution in [0.4, 0.5) is 17.1 Å². The van der Waals surface area contributed by atoms with Crippen molar-refractivity contribution in [3.05, 3.63) is 114 Å². The minimum Gasteiger partial charge on any atom is -0.379 e. The molecule has 2 heterocycles. The van der Waals surface area contributed by atoms with Gasteiger partial charge in [-0.25, -0.2) is 0 Å². The van der Waals surface area contributed by atoms with E-state index in [2.05, 4.69) is 5.32 Å². The molecule has 10 nitrogen and oxygen atoms in total. The van der Waals surface area contributed by atoms with Crippen molar-refractivity contribution in [3.63, 3.8) is 0 Å². The van der Waals surface area contributed by atoms with E-state index in [1.54, 1.807) is 59.5 Å². The maximum Gasteiger partial charge on any atom is 0.258 e. The fraction of sp³-hybridized carbons (Fsp3) is 0.222. The average Bonchev–Trinajstić information content (AvgIpc) is 3.22. The van der Waals surface area contributed by atoms with E-state index >= 15 is 0 Å². The van der Waals surface area contributed by atoms with Gasteiger partial charge < -0.3 is 20.7 Å². The number of benzene rings is 4. The quantitative estimate of drug-likeness (QED) is 0.316. The van der Waals surface area contributed by atoms with E-state index in [4.69, 9.17) is 10.5 Å². The lowest BCUT2D eigenvalue weighted by Gasteiger charge is -2.39. The number of ether oxygens (including phenoxy) is 1. The first-order valence-electron chi connectivity index (χ1n) is 15.2. The van der Waals surface area contributed by atoms with Crippen LogP contribution in [0.15, 0.2) is 97.1 Å². The van der Waals surface area contributed by atoms with Crippen molar-refractivity contribution >= 4 is 40.7 Å². The first-order chi connectivity index (χ1) is 22.3. The average molecular weight is 618 g/mol. The number of amides is 4. The van der Waals surface area contributed by atoms with Crippen LogP contribution in [-0.2, 0) is 14.3 Å². The van der Waals surface area contributed by atoms with E-state index in [0.29, 0.717) is 54.5 Å². The highest BCUT2D eigenvalue weighted by atomic mass is 16.5. The fourth-order valence-electron chi connectivity index (χ4n) is 6.09. The molecule has 1 atom stereocenters. The molecule has 0 bridgehead atoms. The zero-order valence-electron chi connectivity index (χ0n) is 25.5. The molecule has 234 valence electrons. The summed E-state index contributed by atoms with van der Waals surface area (Å²) in [6, 6.07) is 29.1. The van der Waals surface area contributed by atoms with Crippen LogP contribution in [0.2, 0.25) is 0 Å². The number of primary amides is 1. The summed E-state index contributed by atoms with van der Waals surface area (Å²) in [5, 5.41) is 2.95. The Hall–Kier alpha value is -5.32. The molecular formula is C36H35N5O5. The van der Waals surface area contributed by atoms with E-state index < -0.39 is 12.1 Å². The normalized spacial score (nSPS) is 15.9. The molecular weight excluding hydrogens is 582 g/mol. The molecule has 2 aliphatic rings. The number of aryl methyl sites for hydroxylation is 1. The number of para-hydroxylation sites is 2. The SMILES string of the molecule is Cc1ccccc1-c1ccccc1C(=O)Nc1ccc(C(=O)N2CCC(=O)N(C(C(N)=O)N3CCOCC3)c3ccccc32)cc1. The standard InChI is InChI=1S/C36H35N5O5/c1-24-8-2-3-9-27(24)28-10-4-5-11-29(28)34(44)38-26-16-14-25(15-17-26)36(45)40-19-18-32(42)41(31-13-7-6-12-30(31)40)35(33(37)43)39-20-22-46-23-21-39/h2-17,35H,18-23H2,1H3,(H2,37,43)(H,38,44). The Morgan fingerprint density at radius 3 is 2.11 bits per heavy atom. The first kappa shape index (κ1) is 30.7. The smallest absolute Gasteiger partial charge is 0.258 e. The Morgan fingerprint density at radius 1 is 0.783 bits per heavy atom. The fourth-order valence-corrected chi connectivity index (χ4v) is 6.09. The van der Waals surface area contributed by atoms with Gasteiger partial charge >= 0.3 is 0 Å². The van der Waals surface area contributed by atoms with Crippen LogP contribution in [0.1, 0.15) is 32.7 Å². The summed E-state index contributed by atoms with van der Waals surface area (Å²) in [6.07, 6.45) is -1.00. The van der Waals surface area contributed by atoms with Crippen molar-refractivity contribution in [2.45, 2.75) is 19.5 Å². The Morgan fingerprint density at radius 2 is 1.41 bits per heavy atom. The van der Waals surface area contributed by atoms with Crippen molar-refractivity contribution < 1.29 is 23.9 Å². The topological polar surface area (TPSA) is 125 Å². The van der Waals surface area contributed by atoms with Crippen LogP contribution in [0.25, 0.3) is 11.1 Å². The molecule has 6 rings (SSSR count). The number of hydrogen-bond donors (Lipinski definition) is 2. The molecule has 46 heavy (non-hydrogen) atoms. The maximum absolute atomic E-state index is 13.9. The number of nitrogens with one attached hydrogen (secondary N) is 1. The molecule has 0 aromatic heterocycles. The highest BCUT2D eigenvalue weighted by Gasteiger charge is 2.39. The molecule has 0 spiro atoms. The molecule has 10 heteroatoms. The van der Waals surface area contributed by atoms with Gasteiger partial charge in [0, 0.05) is 42.9 Å². The number of carbonyl (C=O) groups excluding carboxylic acids is 4. The van der Waals surface area contributed by atoms with Crippen molar-refractivity contribution in [3.8, 4) is 11.1 Å². The number of nitrogens with two attached hydrogens (primary N) is 1. The Kier molecular flexibility index (Phi) is 8.91. The maximum atomic E-state index is 13.9. The van der Waals surface area contributed by atoms with Gasteiger partial charge in [-0.2, -0.15) is 0 Å². The molecule has 1 unspecified atom stereocenters. The molecule has 1 fully saturated rings. The van der Waals surface area contributed by atoms with Gasteiger partial charge in [0.05, 0.1) is 24.6 Å². The summed E-state index contributed by atoms with van der Waals surface area (Å²) >= 11 is 0. The number of fused-ring (bicyclic) bond motifs is 1. The van der Waals surface area contributed by atoms with Gasteiger partial charge in [0.2, 0.25) is 5.91 Å². The van der Waals surface area contributed by atoms with Crippen molar-refractivity contribution in [1.29, 1.82) is 0 Å². The van der Waals surface area contributed by atoms with E-state index in [9.17, 15) is 19.2 Å². The van der Waals surface area contributed by atoms with Crippen LogP contribution in [0.3, 0.4) is 0 Å². The van der Waals surface area contributed by atoms with Crippen LogP contribution in [-0.4, -0.2) is 67.5 Å². The number of hydrogen-bond acceptors (Lipinski definition) is 6. The highest BCUT2D eigenvalue weighted by Crippen LogP contribution is 2.36. The predicted octanol–water partition coefficient (Wildman–Crippen LogP) is 4.44. The molecule has 0 saturated carbocycles. The number of morpholine rings is 1. The van der Waals surface area contributed by atoms with Gasteiger partial charge in [-0.05, 0) is 66.1 Å². The van der Waals surface area contributed by atoms with Gasteiger partial charge in [0.1, 0.15) is 0 Å². The Bertz CT molecular complexity index is 1780. The number of nitrogens with zero attached hydrogens (tertiary/aromatic N) is 3. The van der Waals surface area contributed by atoms with Crippen molar-refractivity contribution in [2.75, 3.05) is 48.0 Å². The van der Waals surface area contributed by atoms with Gasteiger partial charge in [-0.1, -0.05) is 54.6 Å². The Balaban J connectivity index is 1.24. The van der Waals surface area contributed by atoms with Gasteiger partial charge in [0.25, 0.3) is 17.7 Å². The summed E-state index contributed by atoms with van der Waals surface area (Å²) in [4.78, 5) is 58.4. The zero-order valence-corrected chi connectivity index (χ0v) is 25.5. The number of anilines is 3. The molecule has 4 amide bonds. The Labute approximate surface area is 267 Å². The minimum atomic E-state index is -1.01. The monoisotopic (exact) mass is 617 g/mol. The minimum absolute atomic E-state index is 0.00295. The van der Waals surface area contributed by atoms with Crippen molar-refractivity contribution in [1.82, 2.24) is 4.90 Å². The van der Waals surface area contributed by atoms with Gasteiger partial charge in [-0.15, -0.1) is 0 Å². The van der Waals surface area contributed by atoms with Crippen LogP contribution in [0.5, 0.6) is 0 Å². The van der Waals surface area contributed by atoms with Gasteiger partial charge in [-0.3, -0.25) is 29.0 Å². The van der Waals surface area contributed by atoms with Crippen molar-refractivity contribution in [2.24, 2.45) is 5.73 Å². The van der Waals surface area contributed by atoms with Crippen LogP contribution in [0, 0.1) is 6.92 Å². The third-order valence-electron chi connectivity index (χ3n) is 8.38. The zero-order chi connectivity index (χ0) is 32.2. The molecule has 4 aromatic rings. The second-order valence-corrected chi connectivity index (χ2v) is 11.3. The summed E-state index contributed by atoms with van der Waals surface area (Å²) in [5.74, 6) is -1.53. The van der Waals surface area contributed by atoms with Crippen LogP contribution < -0.4 is 20.9 Å². The second-order valence-electron chi connectivity index (χ2n) is 11.3. The predicted molar refractivity (Wildman–Crippen MR) is 177 cm³/mol. The summed E-state index contributed by atoms with van der Waals surface area (Å²) < 4.78 is 5.44. The molecule has 4 aromatic carbocycles. The molecule has 2 aliphatic heterocycles. The first-order valence-corrected chi connectivity index (χ1v) is 15.2. The van der Waals surface area contributed by atoms with E-state index in [-0.39, 0.29) is 30.7 Å². The summed E-state index contributed by atoms with van der Waals surface area (Å²) in [5.41, 5.74) is 11.1. The van der Waals surface area contributed by atoms with E-state index in [0.717, 1.165) is 16.7 Å². The lowest BCUT2D eigenvalue weighted by molar-refractivity contribution is -0.130. The third-order valence-corrected chi connectivity index (χ3v) is 8.38. The lowest BCUT2D eigenvalue weighted by atomic mass is 9.95. The highest BCUT2D eigenvalue weighted by molar-refractivity contribution is 6.13. The second kappa shape index (κ2) is 13.4. The third kappa shape index (κ3) is 6.13. The number of carbonyl (C=O) groups is 4. The number of rotatable bonds is 7. The van der Waals surface area contributed by atoms with Gasteiger partial charge in [0.15, 0.2) is 6.17 Å². The molecule has 1 saturated heterocycles. The largest absolute Gasteiger partial charge is 0.379 e. The molecule has 0 aliphatic carbocycles. The lowest BCUT2D eigenvalue weighted by Crippen LogP contribution is -2.60.